The summed E-state index contributed by atoms with van der Waals surface area (Å²) in [6.45, 7) is 5.66. The quantitative estimate of drug-likeness (QED) is 0.834. The largest absolute Gasteiger partial charge is 0.497 e. The lowest BCUT2D eigenvalue weighted by atomic mass is 9.98. The van der Waals surface area contributed by atoms with Crippen LogP contribution in [0.15, 0.2) is 36.0 Å². The number of benzene rings is 1. The van der Waals surface area contributed by atoms with Gasteiger partial charge in [-0.3, -0.25) is 4.98 Å². The third kappa shape index (κ3) is 3.17. The van der Waals surface area contributed by atoms with Gasteiger partial charge in [-0.2, -0.15) is 0 Å². The second kappa shape index (κ2) is 6.43. The van der Waals surface area contributed by atoms with E-state index in [-0.39, 0.29) is 0 Å². The van der Waals surface area contributed by atoms with E-state index in [1.54, 1.807) is 20.2 Å². The number of anilines is 1. The maximum atomic E-state index is 7.67. The van der Waals surface area contributed by atoms with E-state index in [9.17, 15) is 0 Å². The van der Waals surface area contributed by atoms with Gasteiger partial charge in [-0.15, -0.1) is 0 Å². The summed E-state index contributed by atoms with van der Waals surface area (Å²) >= 11 is 0. The van der Waals surface area contributed by atoms with Crippen molar-refractivity contribution in [2.45, 2.75) is 20.8 Å². The summed E-state index contributed by atoms with van der Waals surface area (Å²) in [5, 5.41) is 7.67. The van der Waals surface area contributed by atoms with Gasteiger partial charge in [-0.05, 0) is 61.7 Å². The molecule has 0 amide bonds. The number of nitrogens with zero attached hydrogens (tertiary/aromatic N) is 1. The number of ether oxygens (including phenoxy) is 1. The number of nitrogen functional groups attached to an aromatic ring is 1. The molecule has 0 aliphatic carbocycles. The Balaban J connectivity index is 2.54. The minimum Gasteiger partial charge on any atom is -0.497 e. The zero-order valence-corrected chi connectivity index (χ0v) is 13.4. The maximum Gasteiger partial charge on any atom is 0.119 e. The molecule has 1 aromatic carbocycles. The van der Waals surface area contributed by atoms with E-state index in [2.05, 4.69) is 4.98 Å². The maximum absolute atomic E-state index is 7.67. The summed E-state index contributed by atoms with van der Waals surface area (Å²) in [6, 6.07) is 7.82. The highest BCUT2D eigenvalue weighted by molar-refractivity contribution is 6.00. The van der Waals surface area contributed by atoms with Crippen LogP contribution in [0, 0.1) is 12.3 Å². The molecule has 114 valence electrons. The van der Waals surface area contributed by atoms with E-state index in [1.807, 2.05) is 44.2 Å². The van der Waals surface area contributed by atoms with Crippen LogP contribution in [0.5, 0.6) is 5.75 Å². The molecule has 4 heteroatoms. The summed E-state index contributed by atoms with van der Waals surface area (Å²) in [5.74, 6) is 0.823. The number of rotatable bonds is 4. The van der Waals surface area contributed by atoms with Crippen molar-refractivity contribution in [1.29, 1.82) is 5.41 Å². The van der Waals surface area contributed by atoms with Crippen LogP contribution in [0.4, 0.5) is 5.69 Å². The molecule has 0 spiro atoms. The average Bonchev–Trinajstić information content (AvgIpc) is 2.49. The second-order valence-electron chi connectivity index (χ2n) is 5.29. The van der Waals surface area contributed by atoms with Crippen molar-refractivity contribution >= 4 is 17.5 Å². The van der Waals surface area contributed by atoms with Crippen LogP contribution >= 0.6 is 0 Å². The second-order valence-corrected chi connectivity index (χ2v) is 5.29. The number of aryl methyl sites for hydroxylation is 1. The molecule has 0 aliphatic heterocycles. The molecule has 2 rings (SSSR count). The topological polar surface area (TPSA) is 72.0 Å². The van der Waals surface area contributed by atoms with E-state index in [4.69, 9.17) is 15.9 Å². The Hall–Kier alpha value is -2.62. The lowest BCUT2D eigenvalue weighted by molar-refractivity contribution is 0.414. The fraction of sp³-hybridized carbons (Fsp3) is 0.222. The molecule has 0 saturated carbocycles. The van der Waals surface area contributed by atoms with Gasteiger partial charge in [-0.1, -0.05) is 6.07 Å². The van der Waals surface area contributed by atoms with E-state index < -0.39 is 0 Å². The predicted octanol–water partition coefficient (Wildman–Crippen LogP) is 4.09. The number of pyridine rings is 1. The summed E-state index contributed by atoms with van der Waals surface area (Å²) in [4.78, 5) is 4.33. The molecule has 0 atom stereocenters. The third-order valence-corrected chi connectivity index (χ3v) is 3.69. The van der Waals surface area contributed by atoms with E-state index in [1.165, 1.54) is 0 Å². The zero-order chi connectivity index (χ0) is 16.3. The van der Waals surface area contributed by atoms with Gasteiger partial charge in [0.1, 0.15) is 5.75 Å². The smallest absolute Gasteiger partial charge is 0.119 e. The van der Waals surface area contributed by atoms with Gasteiger partial charge in [-0.25, -0.2) is 0 Å². The van der Waals surface area contributed by atoms with Crippen LogP contribution in [-0.2, 0) is 0 Å². The first-order valence-corrected chi connectivity index (χ1v) is 7.07. The molecule has 0 saturated heterocycles. The van der Waals surface area contributed by atoms with Crippen LogP contribution in [0.25, 0.3) is 17.2 Å². The minimum absolute atomic E-state index is 0.507. The Kier molecular flexibility index (Phi) is 4.61. The number of nitrogens with two attached hydrogens (primary N) is 1. The van der Waals surface area contributed by atoms with Gasteiger partial charge < -0.3 is 15.9 Å². The van der Waals surface area contributed by atoms with E-state index >= 15 is 0 Å². The van der Waals surface area contributed by atoms with Crippen molar-refractivity contribution in [3.8, 4) is 16.9 Å². The molecule has 1 heterocycles. The fourth-order valence-corrected chi connectivity index (χ4v) is 2.22. The van der Waals surface area contributed by atoms with Gasteiger partial charge in [0.05, 0.1) is 18.5 Å². The lowest BCUT2D eigenvalue weighted by Gasteiger charge is -2.12. The number of hydrogen-bond acceptors (Lipinski definition) is 4. The van der Waals surface area contributed by atoms with Crippen LogP contribution in [0.1, 0.15) is 25.1 Å². The van der Waals surface area contributed by atoms with Crippen molar-refractivity contribution < 1.29 is 4.74 Å². The Morgan fingerprint density at radius 1 is 1.23 bits per heavy atom. The van der Waals surface area contributed by atoms with E-state index in [0.29, 0.717) is 17.1 Å². The first-order chi connectivity index (χ1) is 10.4. The first kappa shape index (κ1) is 15.8. The number of hydrogen-bond donors (Lipinski definition) is 2. The van der Waals surface area contributed by atoms with Crippen LogP contribution < -0.4 is 10.5 Å². The monoisotopic (exact) mass is 295 g/mol. The van der Waals surface area contributed by atoms with Gasteiger partial charge >= 0.3 is 0 Å². The molecular formula is C18H21N3O. The van der Waals surface area contributed by atoms with Gasteiger partial charge in [0.15, 0.2) is 0 Å². The van der Waals surface area contributed by atoms with Crippen molar-refractivity contribution in [3.05, 3.63) is 47.3 Å². The fourth-order valence-electron chi connectivity index (χ4n) is 2.22. The summed E-state index contributed by atoms with van der Waals surface area (Å²) in [7, 11) is 1.65. The summed E-state index contributed by atoms with van der Waals surface area (Å²) < 4.78 is 5.24. The standard InChI is InChI=1S/C18H21N3O/c1-11(13(3)19)10-17-18(20)16(7-8-21-17)15-6-5-14(22-4)9-12(15)2/h5-10,19H,20H2,1-4H3/b11-10-,19-13?. The normalized spacial score (nSPS) is 11.4. The Morgan fingerprint density at radius 2 is 1.95 bits per heavy atom. The van der Waals surface area contributed by atoms with Gasteiger partial charge in [0.25, 0.3) is 0 Å². The van der Waals surface area contributed by atoms with Gasteiger partial charge in [0.2, 0.25) is 0 Å². The van der Waals surface area contributed by atoms with Gasteiger partial charge in [0, 0.05) is 17.5 Å². The van der Waals surface area contributed by atoms with Crippen LogP contribution in [0.3, 0.4) is 0 Å². The number of allylic oxidation sites excluding steroid dienone is 1. The minimum atomic E-state index is 0.507. The highest BCUT2D eigenvalue weighted by atomic mass is 16.5. The highest BCUT2D eigenvalue weighted by Crippen LogP contribution is 2.32. The first-order valence-electron chi connectivity index (χ1n) is 7.07. The van der Waals surface area contributed by atoms with Crippen molar-refractivity contribution in [2.75, 3.05) is 12.8 Å². The Bertz CT molecular complexity index is 748. The van der Waals surface area contributed by atoms with E-state index in [0.717, 1.165) is 28.0 Å². The van der Waals surface area contributed by atoms with Crippen LogP contribution in [0.2, 0.25) is 0 Å². The highest BCUT2D eigenvalue weighted by Gasteiger charge is 2.10. The summed E-state index contributed by atoms with van der Waals surface area (Å²) in [6.07, 6.45) is 3.59. The molecule has 0 aliphatic rings. The molecule has 3 N–H and O–H groups in total. The average molecular weight is 295 g/mol. The number of methoxy groups -OCH3 is 1. The third-order valence-electron chi connectivity index (χ3n) is 3.69. The molecule has 4 nitrogen and oxygen atoms in total. The molecule has 2 aromatic rings. The van der Waals surface area contributed by atoms with Crippen molar-refractivity contribution in [3.63, 3.8) is 0 Å². The number of aromatic nitrogens is 1. The lowest BCUT2D eigenvalue weighted by Crippen LogP contribution is -1.99. The molecule has 0 bridgehead atoms. The predicted molar refractivity (Wildman–Crippen MR) is 92.4 cm³/mol. The zero-order valence-electron chi connectivity index (χ0n) is 13.4. The molecule has 0 fully saturated rings. The molecule has 1 aromatic heterocycles. The molecule has 0 radical (unpaired) electrons. The number of nitrogens with one attached hydrogen (secondary N) is 1. The molecular weight excluding hydrogens is 274 g/mol. The Labute approximate surface area is 131 Å². The molecule has 0 unspecified atom stereocenters. The Morgan fingerprint density at radius 3 is 2.55 bits per heavy atom. The van der Waals surface area contributed by atoms with Crippen molar-refractivity contribution in [1.82, 2.24) is 4.98 Å². The summed E-state index contributed by atoms with van der Waals surface area (Å²) in [5.41, 5.74) is 12.1. The SMILES string of the molecule is COc1ccc(-c2ccnc(/C=C(/C)C(C)=N)c2N)c(C)c1. The van der Waals surface area contributed by atoms with Crippen LogP contribution in [-0.4, -0.2) is 17.8 Å². The molecule has 22 heavy (non-hydrogen) atoms. The van der Waals surface area contributed by atoms with Crippen molar-refractivity contribution in [2.24, 2.45) is 0 Å².